The molecule has 0 aromatic rings. The van der Waals surface area contributed by atoms with Crippen LogP contribution in [0.15, 0.2) is 0 Å². The molecule has 0 rings (SSSR count). The van der Waals surface area contributed by atoms with Crippen molar-refractivity contribution in [3.8, 4) is 12.3 Å². The molecule has 0 N–H and O–H groups in total. The van der Waals surface area contributed by atoms with Crippen molar-refractivity contribution >= 4 is 19.8 Å². The normalized spacial score (nSPS) is 8.94. The SMILES string of the molecule is C#CC.CCC[CH2][Sn+]([CH2]CCC)[CH2]CCC. The molecule has 0 unspecified atom stereocenters. The number of hydrogen-bond donors (Lipinski definition) is 0. The van der Waals surface area contributed by atoms with E-state index in [0.717, 1.165) is 0 Å². The number of unbranched alkanes of at least 4 members (excludes halogenated alkanes) is 3. The van der Waals surface area contributed by atoms with Crippen molar-refractivity contribution in [3.63, 3.8) is 0 Å². The fourth-order valence-electron chi connectivity index (χ4n) is 1.66. The van der Waals surface area contributed by atoms with Gasteiger partial charge in [0.25, 0.3) is 0 Å². The molecule has 0 aliphatic rings. The second kappa shape index (κ2) is 17.7. The molecule has 0 spiro atoms. The number of rotatable bonds is 9. The molecule has 0 fully saturated rings. The van der Waals surface area contributed by atoms with Crippen molar-refractivity contribution in [2.24, 2.45) is 0 Å². The number of hydrogen-bond acceptors (Lipinski definition) is 0. The third kappa shape index (κ3) is 16.8. The van der Waals surface area contributed by atoms with Crippen molar-refractivity contribution in [2.75, 3.05) is 0 Å². The van der Waals surface area contributed by atoms with Crippen molar-refractivity contribution in [3.05, 3.63) is 0 Å². The van der Waals surface area contributed by atoms with Crippen LogP contribution in [0.3, 0.4) is 0 Å². The van der Waals surface area contributed by atoms with Crippen LogP contribution in [0.4, 0.5) is 0 Å². The second-order valence-electron chi connectivity index (χ2n) is 4.35. The zero-order chi connectivity index (χ0) is 12.6. The van der Waals surface area contributed by atoms with Gasteiger partial charge in [0.05, 0.1) is 0 Å². The van der Waals surface area contributed by atoms with E-state index in [2.05, 4.69) is 33.1 Å². The zero-order valence-corrected chi connectivity index (χ0v) is 14.8. The second-order valence-corrected chi connectivity index (χ2v) is 12.9. The summed E-state index contributed by atoms with van der Waals surface area (Å²) in [7, 11) is 0. The van der Waals surface area contributed by atoms with Crippen molar-refractivity contribution < 1.29 is 0 Å². The van der Waals surface area contributed by atoms with Gasteiger partial charge in [-0.3, -0.25) is 0 Å². The first-order chi connectivity index (χ1) is 7.76. The molecular weight excluding hydrogens is 299 g/mol. The van der Waals surface area contributed by atoms with Crippen LogP contribution in [-0.4, -0.2) is 19.8 Å². The summed E-state index contributed by atoms with van der Waals surface area (Å²) >= 11 is -0.839. The Kier molecular flexibility index (Phi) is 20.8. The van der Waals surface area contributed by atoms with Crippen LogP contribution in [0.5, 0.6) is 0 Å². The quantitative estimate of drug-likeness (QED) is 0.386. The van der Waals surface area contributed by atoms with Crippen molar-refractivity contribution in [1.29, 1.82) is 0 Å². The summed E-state index contributed by atoms with van der Waals surface area (Å²) in [5.41, 5.74) is 0. The summed E-state index contributed by atoms with van der Waals surface area (Å²) < 4.78 is 5.04. The molecule has 0 saturated heterocycles. The topological polar surface area (TPSA) is 0 Å². The van der Waals surface area contributed by atoms with Gasteiger partial charge in [0, 0.05) is 0 Å². The van der Waals surface area contributed by atoms with E-state index in [4.69, 9.17) is 0 Å². The fraction of sp³-hybridized carbons (Fsp3) is 0.867. The van der Waals surface area contributed by atoms with Crippen LogP contribution in [0.1, 0.15) is 66.2 Å². The maximum absolute atomic E-state index is 4.60. The predicted octanol–water partition coefficient (Wildman–Crippen LogP) is 5.52. The summed E-state index contributed by atoms with van der Waals surface area (Å²) in [6, 6.07) is 0. The van der Waals surface area contributed by atoms with Gasteiger partial charge in [-0.15, -0.1) is 12.3 Å². The van der Waals surface area contributed by atoms with Crippen LogP contribution in [0.25, 0.3) is 0 Å². The molecule has 94 valence electrons. The van der Waals surface area contributed by atoms with Gasteiger partial charge in [0.2, 0.25) is 0 Å². The van der Waals surface area contributed by atoms with Gasteiger partial charge < -0.3 is 0 Å². The summed E-state index contributed by atoms with van der Waals surface area (Å²) in [4.78, 5) is 0. The standard InChI is InChI=1S/3C4H9.C3H4.Sn/c3*1-3-4-2;1-3-2;/h3*1,3-4H2,2H3;1H,2H3;/q;;;;+1. The van der Waals surface area contributed by atoms with Crippen LogP contribution in [-0.2, 0) is 0 Å². The van der Waals surface area contributed by atoms with Gasteiger partial charge in [-0.1, -0.05) is 0 Å². The van der Waals surface area contributed by atoms with Crippen molar-refractivity contribution in [2.45, 2.75) is 79.5 Å². The Bertz CT molecular complexity index is 127. The van der Waals surface area contributed by atoms with E-state index in [-0.39, 0.29) is 0 Å². The van der Waals surface area contributed by atoms with E-state index in [0.29, 0.717) is 0 Å². The molecule has 16 heavy (non-hydrogen) atoms. The van der Waals surface area contributed by atoms with Gasteiger partial charge >= 0.3 is 92.4 Å². The molecule has 0 nitrogen and oxygen atoms in total. The van der Waals surface area contributed by atoms with E-state index < -0.39 is 19.8 Å². The molecule has 0 aliphatic heterocycles. The summed E-state index contributed by atoms with van der Waals surface area (Å²) in [5, 5.41) is 0. The van der Waals surface area contributed by atoms with Gasteiger partial charge in [0.15, 0.2) is 0 Å². The summed E-state index contributed by atoms with van der Waals surface area (Å²) in [5.74, 6) is 2.25. The summed E-state index contributed by atoms with van der Waals surface area (Å²) in [6.07, 6.45) is 13.4. The third-order valence-corrected chi connectivity index (χ3v) is 11.7. The van der Waals surface area contributed by atoms with E-state index >= 15 is 0 Å². The van der Waals surface area contributed by atoms with E-state index in [1.54, 1.807) is 20.2 Å². The fourth-order valence-corrected chi connectivity index (χ4v) is 11.1. The maximum atomic E-state index is 4.60. The third-order valence-electron chi connectivity index (χ3n) is 2.65. The first-order valence-corrected chi connectivity index (χ1v) is 13.0. The molecule has 0 amide bonds. The Hall–Kier alpha value is 0.359. The molecule has 0 atom stereocenters. The monoisotopic (exact) mass is 331 g/mol. The average Bonchev–Trinajstić information content (AvgIpc) is 2.29. The van der Waals surface area contributed by atoms with E-state index in [9.17, 15) is 0 Å². The molecule has 0 aromatic heterocycles. The predicted molar refractivity (Wildman–Crippen MR) is 79.4 cm³/mol. The van der Waals surface area contributed by atoms with Gasteiger partial charge in [0.1, 0.15) is 0 Å². The average molecular weight is 330 g/mol. The molecule has 0 saturated carbocycles. The number of terminal acetylenes is 1. The summed E-state index contributed by atoms with van der Waals surface area (Å²) in [6.45, 7) is 8.65. The molecule has 0 aliphatic carbocycles. The first-order valence-electron chi connectivity index (χ1n) is 6.97. The Morgan fingerprint density at radius 2 is 1.06 bits per heavy atom. The minimum atomic E-state index is -0.839. The molecule has 0 aromatic carbocycles. The van der Waals surface area contributed by atoms with Crippen molar-refractivity contribution in [1.82, 2.24) is 0 Å². The Labute approximate surface area is 111 Å². The van der Waals surface area contributed by atoms with Gasteiger partial charge in [-0.05, 0) is 6.92 Å². The molecule has 0 radical (unpaired) electrons. The Balaban J connectivity index is 0. The zero-order valence-electron chi connectivity index (χ0n) is 11.9. The minimum absolute atomic E-state index is 0.839. The Morgan fingerprint density at radius 3 is 1.25 bits per heavy atom. The first kappa shape index (κ1) is 18.7. The van der Waals surface area contributed by atoms with Gasteiger partial charge in [-0.25, -0.2) is 0 Å². The van der Waals surface area contributed by atoms with Crippen LogP contribution >= 0.6 is 0 Å². The van der Waals surface area contributed by atoms with Gasteiger partial charge in [-0.2, -0.15) is 0 Å². The molecular formula is C15H31Sn+. The molecule has 0 heterocycles. The van der Waals surface area contributed by atoms with Crippen LogP contribution in [0, 0.1) is 12.3 Å². The van der Waals surface area contributed by atoms with E-state index in [1.165, 1.54) is 38.5 Å². The molecule has 1 heteroatoms. The van der Waals surface area contributed by atoms with E-state index in [1.807, 2.05) is 0 Å². The van der Waals surface area contributed by atoms with Crippen LogP contribution in [0.2, 0.25) is 13.3 Å². The molecule has 0 bridgehead atoms. The van der Waals surface area contributed by atoms with Crippen LogP contribution < -0.4 is 0 Å². The Morgan fingerprint density at radius 1 is 0.812 bits per heavy atom.